The molecule has 0 bridgehead atoms. The summed E-state index contributed by atoms with van der Waals surface area (Å²) in [5.41, 5.74) is 7.70. The summed E-state index contributed by atoms with van der Waals surface area (Å²) in [4.78, 5) is 0. The zero-order valence-electron chi connectivity index (χ0n) is 11.3. The molecule has 1 aliphatic carbocycles. The predicted molar refractivity (Wildman–Crippen MR) is 78.5 cm³/mol. The van der Waals surface area contributed by atoms with Crippen molar-refractivity contribution in [1.82, 2.24) is 0 Å². The average molecular weight is 282 g/mol. The van der Waals surface area contributed by atoms with E-state index in [1.807, 2.05) is 24.3 Å². The minimum Gasteiger partial charge on any atom is -0.328 e. The molecule has 0 aliphatic heterocycles. The highest BCUT2D eigenvalue weighted by Crippen LogP contribution is 2.29. The molecule has 1 aliphatic rings. The molecule has 4 nitrogen and oxygen atoms in total. The fourth-order valence-electron chi connectivity index (χ4n) is 2.70. The van der Waals surface area contributed by atoms with Gasteiger partial charge in [-0.25, -0.2) is 8.42 Å². The summed E-state index contributed by atoms with van der Waals surface area (Å²) in [6, 6.07) is 7.98. The number of anilines is 1. The van der Waals surface area contributed by atoms with Crippen molar-refractivity contribution in [3.8, 4) is 0 Å². The van der Waals surface area contributed by atoms with E-state index in [4.69, 9.17) is 5.73 Å². The van der Waals surface area contributed by atoms with Gasteiger partial charge in [0, 0.05) is 6.04 Å². The molecule has 5 heteroatoms. The molecule has 0 saturated heterocycles. The van der Waals surface area contributed by atoms with Gasteiger partial charge in [-0.05, 0) is 49.7 Å². The Balaban J connectivity index is 2.07. The Bertz CT molecular complexity index is 520. The number of nitrogens with two attached hydrogens (primary N) is 1. The highest BCUT2D eigenvalue weighted by molar-refractivity contribution is 7.92. The van der Waals surface area contributed by atoms with Crippen molar-refractivity contribution < 1.29 is 8.42 Å². The first-order chi connectivity index (χ1) is 8.94. The Morgan fingerprint density at radius 2 is 1.84 bits per heavy atom. The molecule has 2 rings (SSSR count). The SMILES string of the molecule is CS(=O)(=O)Nc1ccccc1CC1CCC(N)CC1. The van der Waals surface area contributed by atoms with Gasteiger partial charge in [0.15, 0.2) is 0 Å². The fourth-order valence-corrected chi connectivity index (χ4v) is 3.30. The molecule has 0 radical (unpaired) electrons. The van der Waals surface area contributed by atoms with E-state index >= 15 is 0 Å². The largest absolute Gasteiger partial charge is 0.328 e. The average Bonchev–Trinajstić information content (AvgIpc) is 2.33. The Hall–Kier alpha value is -1.07. The second kappa shape index (κ2) is 5.92. The van der Waals surface area contributed by atoms with Crippen LogP contribution in [0.15, 0.2) is 24.3 Å². The van der Waals surface area contributed by atoms with Gasteiger partial charge in [0.25, 0.3) is 0 Å². The Morgan fingerprint density at radius 3 is 2.47 bits per heavy atom. The maximum Gasteiger partial charge on any atom is 0.229 e. The highest BCUT2D eigenvalue weighted by Gasteiger charge is 2.20. The lowest BCUT2D eigenvalue weighted by atomic mass is 9.82. The summed E-state index contributed by atoms with van der Waals surface area (Å²) in [7, 11) is -3.22. The normalized spacial score (nSPS) is 24.1. The lowest BCUT2D eigenvalue weighted by Gasteiger charge is -2.26. The van der Waals surface area contributed by atoms with Crippen LogP contribution in [0.3, 0.4) is 0 Å². The maximum atomic E-state index is 11.4. The van der Waals surface area contributed by atoms with Crippen LogP contribution < -0.4 is 10.5 Å². The van der Waals surface area contributed by atoms with Crippen molar-refractivity contribution in [1.29, 1.82) is 0 Å². The quantitative estimate of drug-likeness (QED) is 0.888. The van der Waals surface area contributed by atoms with Crippen LogP contribution in [0.25, 0.3) is 0 Å². The van der Waals surface area contributed by atoms with Gasteiger partial charge in [-0.2, -0.15) is 0 Å². The number of rotatable bonds is 4. The smallest absolute Gasteiger partial charge is 0.229 e. The van der Waals surface area contributed by atoms with Gasteiger partial charge in [-0.1, -0.05) is 18.2 Å². The molecule has 0 aromatic heterocycles. The summed E-state index contributed by atoms with van der Waals surface area (Å²) in [5, 5.41) is 0. The van der Waals surface area contributed by atoms with E-state index in [0.29, 0.717) is 17.6 Å². The molecule has 1 aromatic carbocycles. The monoisotopic (exact) mass is 282 g/mol. The number of hydrogen-bond donors (Lipinski definition) is 2. The second-order valence-electron chi connectivity index (χ2n) is 5.52. The van der Waals surface area contributed by atoms with Crippen molar-refractivity contribution in [2.75, 3.05) is 11.0 Å². The summed E-state index contributed by atoms with van der Waals surface area (Å²) in [6.07, 6.45) is 6.52. The molecule has 106 valence electrons. The van der Waals surface area contributed by atoms with E-state index in [1.54, 1.807) is 0 Å². The zero-order chi connectivity index (χ0) is 13.9. The van der Waals surface area contributed by atoms with Gasteiger partial charge < -0.3 is 5.73 Å². The number of hydrogen-bond acceptors (Lipinski definition) is 3. The molecular weight excluding hydrogens is 260 g/mol. The summed E-state index contributed by atoms with van der Waals surface area (Å²) >= 11 is 0. The van der Waals surface area contributed by atoms with E-state index in [2.05, 4.69) is 4.72 Å². The number of nitrogens with one attached hydrogen (secondary N) is 1. The van der Waals surface area contributed by atoms with Gasteiger partial charge in [0.2, 0.25) is 10.0 Å². The summed E-state index contributed by atoms with van der Waals surface area (Å²) in [5.74, 6) is 0.613. The molecule has 0 spiro atoms. The van der Waals surface area contributed by atoms with Crippen LogP contribution in [0.4, 0.5) is 5.69 Å². The molecule has 1 aromatic rings. The second-order valence-corrected chi connectivity index (χ2v) is 7.26. The fraction of sp³-hybridized carbons (Fsp3) is 0.571. The molecule has 19 heavy (non-hydrogen) atoms. The molecule has 0 atom stereocenters. The van der Waals surface area contributed by atoms with Crippen molar-refractivity contribution >= 4 is 15.7 Å². The molecule has 0 amide bonds. The first-order valence-corrected chi connectivity index (χ1v) is 8.64. The predicted octanol–water partition coefficient (Wildman–Crippen LogP) is 2.12. The van der Waals surface area contributed by atoms with Crippen LogP contribution >= 0.6 is 0 Å². The van der Waals surface area contributed by atoms with Crippen molar-refractivity contribution in [3.05, 3.63) is 29.8 Å². The number of sulfonamides is 1. The maximum absolute atomic E-state index is 11.4. The number of benzene rings is 1. The van der Waals surface area contributed by atoms with Gasteiger partial charge in [-0.15, -0.1) is 0 Å². The van der Waals surface area contributed by atoms with E-state index < -0.39 is 10.0 Å². The van der Waals surface area contributed by atoms with E-state index in [1.165, 1.54) is 6.26 Å². The third-order valence-electron chi connectivity index (χ3n) is 3.71. The van der Waals surface area contributed by atoms with Crippen molar-refractivity contribution in [3.63, 3.8) is 0 Å². The highest BCUT2D eigenvalue weighted by atomic mass is 32.2. The molecule has 3 N–H and O–H groups in total. The molecule has 0 unspecified atom stereocenters. The lowest BCUT2D eigenvalue weighted by Crippen LogP contribution is -2.27. The minimum atomic E-state index is -3.22. The first kappa shape index (κ1) is 14.3. The van der Waals surface area contributed by atoms with Crippen LogP contribution in [0.5, 0.6) is 0 Å². The van der Waals surface area contributed by atoms with Crippen LogP contribution in [-0.2, 0) is 16.4 Å². The summed E-state index contributed by atoms with van der Waals surface area (Å²) in [6.45, 7) is 0. The van der Waals surface area contributed by atoms with Crippen LogP contribution in [-0.4, -0.2) is 20.7 Å². The van der Waals surface area contributed by atoms with Crippen LogP contribution in [0.1, 0.15) is 31.2 Å². The molecule has 0 heterocycles. The van der Waals surface area contributed by atoms with E-state index in [-0.39, 0.29) is 0 Å². The Labute approximate surface area is 115 Å². The van der Waals surface area contributed by atoms with Crippen LogP contribution in [0, 0.1) is 5.92 Å². The minimum absolute atomic E-state index is 0.348. The Kier molecular flexibility index (Phi) is 4.47. The molecule has 1 fully saturated rings. The summed E-state index contributed by atoms with van der Waals surface area (Å²) < 4.78 is 25.3. The molecule has 1 saturated carbocycles. The topological polar surface area (TPSA) is 72.2 Å². The van der Waals surface area contributed by atoms with E-state index in [9.17, 15) is 8.42 Å². The van der Waals surface area contributed by atoms with Crippen LogP contribution in [0.2, 0.25) is 0 Å². The van der Waals surface area contributed by atoms with Crippen molar-refractivity contribution in [2.45, 2.75) is 38.1 Å². The zero-order valence-corrected chi connectivity index (χ0v) is 12.1. The van der Waals surface area contributed by atoms with Crippen molar-refractivity contribution in [2.24, 2.45) is 11.7 Å². The van der Waals surface area contributed by atoms with Gasteiger partial charge >= 0.3 is 0 Å². The van der Waals surface area contributed by atoms with Gasteiger partial charge in [0.1, 0.15) is 0 Å². The number of para-hydroxylation sites is 1. The first-order valence-electron chi connectivity index (χ1n) is 6.75. The third-order valence-corrected chi connectivity index (χ3v) is 4.30. The standard InChI is InChI=1S/C14H22N2O2S/c1-19(17,18)16-14-5-3-2-4-12(14)10-11-6-8-13(15)9-7-11/h2-5,11,13,16H,6-10,15H2,1H3. The van der Waals surface area contributed by atoms with E-state index in [0.717, 1.165) is 37.7 Å². The lowest BCUT2D eigenvalue weighted by molar-refractivity contribution is 0.325. The third kappa shape index (κ3) is 4.51. The van der Waals surface area contributed by atoms with Gasteiger partial charge in [-0.3, -0.25) is 4.72 Å². The molecular formula is C14H22N2O2S. The Morgan fingerprint density at radius 1 is 1.21 bits per heavy atom. The van der Waals surface area contributed by atoms with Gasteiger partial charge in [0.05, 0.1) is 11.9 Å².